The van der Waals surface area contributed by atoms with Crippen molar-refractivity contribution in [2.45, 2.75) is 31.9 Å². The Morgan fingerprint density at radius 1 is 1.57 bits per heavy atom. The number of hydrogen-bond acceptors (Lipinski definition) is 4. The lowest BCUT2D eigenvalue weighted by atomic mass is 10.2. The summed E-state index contributed by atoms with van der Waals surface area (Å²) in [5.74, 6) is -0.795. The molecule has 2 unspecified atom stereocenters. The predicted octanol–water partition coefficient (Wildman–Crippen LogP) is -0.163. The molecule has 5 nitrogen and oxygen atoms in total. The van der Waals surface area contributed by atoms with Crippen molar-refractivity contribution < 1.29 is 19.7 Å². The maximum Gasteiger partial charge on any atom is 0.303 e. The van der Waals surface area contributed by atoms with Crippen LogP contribution >= 0.6 is 0 Å². The van der Waals surface area contributed by atoms with E-state index in [9.17, 15) is 9.90 Å². The Kier molecular flexibility index (Phi) is 7.37. The fourth-order valence-electron chi connectivity index (χ4n) is 1.03. The summed E-state index contributed by atoms with van der Waals surface area (Å²) in [4.78, 5) is 10.2. The van der Waals surface area contributed by atoms with Crippen molar-refractivity contribution in [2.24, 2.45) is 0 Å². The van der Waals surface area contributed by atoms with Crippen molar-refractivity contribution in [3.63, 3.8) is 0 Å². The Balaban J connectivity index is 3.42. The maximum atomic E-state index is 10.2. The van der Waals surface area contributed by atoms with Crippen LogP contribution < -0.4 is 5.32 Å². The molecule has 0 bridgehead atoms. The van der Waals surface area contributed by atoms with Crippen LogP contribution in [-0.4, -0.2) is 48.6 Å². The molecule has 0 radical (unpaired) electrons. The Morgan fingerprint density at radius 3 is 2.71 bits per heavy atom. The zero-order chi connectivity index (χ0) is 11.0. The summed E-state index contributed by atoms with van der Waals surface area (Å²) in [6, 6.07) is 0.0950. The van der Waals surface area contributed by atoms with E-state index >= 15 is 0 Å². The molecule has 2 atom stereocenters. The summed E-state index contributed by atoms with van der Waals surface area (Å²) in [5.41, 5.74) is 0. The number of rotatable bonds is 8. The van der Waals surface area contributed by atoms with Gasteiger partial charge in [-0.3, -0.25) is 4.79 Å². The molecule has 84 valence electrons. The van der Waals surface area contributed by atoms with E-state index < -0.39 is 12.1 Å². The van der Waals surface area contributed by atoms with Gasteiger partial charge >= 0.3 is 5.97 Å². The Morgan fingerprint density at radius 2 is 2.21 bits per heavy atom. The normalized spacial score (nSPS) is 15.1. The van der Waals surface area contributed by atoms with Crippen molar-refractivity contribution in [1.29, 1.82) is 0 Å². The summed E-state index contributed by atoms with van der Waals surface area (Å²) in [5, 5.41) is 20.7. The lowest BCUT2D eigenvalue weighted by molar-refractivity contribution is -0.137. The molecule has 0 aliphatic heterocycles. The van der Waals surface area contributed by atoms with Gasteiger partial charge in [0.25, 0.3) is 0 Å². The van der Waals surface area contributed by atoms with Gasteiger partial charge in [-0.1, -0.05) is 0 Å². The molecular weight excluding hydrogens is 186 g/mol. The molecule has 0 aliphatic carbocycles. The van der Waals surface area contributed by atoms with Crippen LogP contribution in [0.2, 0.25) is 0 Å². The monoisotopic (exact) mass is 205 g/mol. The van der Waals surface area contributed by atoms with Crippen LogP contribution in [0.5, 0.6) is 0 Å². The fourth-order valence-corrected chi connectivity index (χ4v) is 1.03. The molecule has 0 saturated heterocycles. The average molecular weight is 205 g/mol. The highest BCUT2D eigenvalue weighted by atomic mass is 16.5. The minimum atomic E-state index is -0.795. The summed E-state index contributed by atoms with van der Waals surface area (Å²) in [6.45, 7) is 2.61. The van der Waals surface area contributed by atoms with Crippen LogP contribution in [0.3, 0.4) is 0 Å². The van der Waals surface area contributed by atoms with Gasteiger partial charge in [0.15, 0.2) is 0 Å². The van der Waals surface area contributed by atoms with E-state index in [0.717, 1.165) is 0 Å². The molecule has 0 aromatic heterocycles. The van der Waals surface area contributed by atoms with Crippen molar-refractivity contribution >= 4 is 5.97 Å². The zero-order valence-electron chi connectivity index (χ0n) is 8.69. The first-order valence-corrected chi connectivity index (χ1v) is 4.68. The lowest BCUT2D eigenvalue weighted by Gasteiger charge is -2.15. The highest BCUT2D eigenvalue weighted by Gasteiger charge is 2.07. The molecule has 5 heteroatoms. The van der Waals surface area contributed by atoms with E-state index in [1.165, 1.54) is 7.11 Å². The van der Waals surface area contributed by atoms with Crippen molar-refractivity contribution in [3.8, 4) is 0 Å². The van der Waals surface area contributed by atoms with E-state index in [0.29, 0.717) is 19.6 Å². The molecule has 0 rings (SSSR count). The molecule has 0 aromatic rings. The Bertz CT molecular complexity index is 163. The smallest absolute Gasteiger partial charge is 0.303 e. The van der Waals surface area contributed by atoms with Crippen molar-refractivity contribution in [2.75, 3.05) is 20.3 Å². The van der Waals surface area contributed by atoms with E-state index in [-0.39, 0.29) is 12.5 Å². The van der Waals surface area contributed by atoms with Gasteiger partial charge in [0.05, 0.1) is 12.7 Å². The number of aliphatic hydroxyl groups is 1. The third kappa shape index (κ3) is 7.97. The summed E-state index contributed by atoms with van der Waals surface area (Å²) < 4.78 is 4.75. The zero-order valence-corrected chi connectivity index (χ0v) is 8.69. The van der Waals surface area contributed by atoms with Crippen LogP contribution in [0.1, 0.15) is 19.8 Å². The van der Waals surface area contributed by atoms with Crippen molar-refractivity contribution in [1.82, 2.24) is 5.32 Å². The van der Waals surface area contributed by atoms with Gasteiger partial charge in [-0.05, 0) is 13.3 Å². The highest BCUT2D eigenvalue weighted by molar-refractivity contribution is 5.66. The summed E-state index contributed by atoms with van der Waals surface area (Å²) in [6.07, 6.45) is 0.177. The number of aliphatic hydroxyl groups excluding tert-OH is 1. The van der Waals surface area contributed by atoms with E-state index in [1.54, 1.807) is 0 Å². The molecule has 3 N–H and O–H groups in total. The van der Waals surface area contributed by atoms with Crippen LogP contribution in [-0.2, 0) is 9.53 Å². The van der Waals surface area contributed by atoms with Crippen LogP contribution in [0, 0.1) is 0 Å². The Labute approximate surface area is 84.1 Å². The van der Waals surface area contributed by atoms with Crippen LogP contribution in [0.4, 0.5) is 0 Å². The van der Waals surface area contributed by atoms with E-state index in [1.807, 2.05) is 6.92 Å². The second-order valence-corrected chi connectivity index (χ2v) is 3.35. The molecule has 0 heterocycles. The molecule has 0 aromatic carbocycles. The minimum absolute atomic E-state index is 0.0950. The summed E-state index contributed by atoms with van der Waals surface area (Å²) >= 11 is 0. The first kappa shape index (κ1) is 13.4. The van der Waals surface area contributed by atoms with Gasteiger partial charge in [-0.15, -0.1) is 0 Å². The molecule has 0 spiro atoms. The fraction of sp³-hybridized carbons (Fsp3) is 0.889. The Hall–Kier alpha value is -0.650. The number of methoxy groups -OCH3 is 1. The largest absolute Gasteiger partial charge is 0.481 e. The standard InChI is InChI=1S/C9H19NO4/c1-7(3-4-9(12)13)10-5-8(11)6-14-2/h7-8,10-11H,3-6H2,1-2H3,(H,12,13). The van der Waals surface area contributed by atoms with Crippen LogP contribution in [0.15, 0.2) is 0 Å². The third-order valence-electron chi connectivity index (χ3n) is 1.85. The average Bonchev–Trinajstić information content (AvgIpc) is 2.12. The number of carbonyl (C=O) groups is 1. The second kappa shape index (κ2) is 7.73. The maximum absolute atomic E-state index is 10.2. The molecule has 14 heavy (non-hydrogen) atoms. The van der Waals surface area contributed by atoms with Gasteiger partial charge in [-0.2, -0.15) is 0 Å². The summed E-state index contributed by atoms with van der Waals surface area (Å²) in [7, 11) is 1.52. The molecule has 0 aliphatic rings. The van der Waals surface area contributed by atoms with Gasteiger partial charge in [0.1, 0.15) is 0 Å². The number of ether oxygens (including phenoxy) is 1. The lowest BCUT2D eigenvalue weighted by Crippen LogP contribution is -2.36. The van der Waals surface area contributed by atoms with Crippen molar-refractivity contribution in [3.05, 3.63) is 0 Å². The SMILES string of the molecule is COCC(O)CNC(C)CCC(=O)O. The highest BCUT2D eigenvalue weighted by Crippen LogP contribution is 1.96. The topological polar surface area (TPSA) is 78.8 Å². The number of carboxylic acids is 1. The molecule has 0 saturated carbocycles. The molecular formula is C9H19NO4. The first-order chi connectivity index (χ1) is 6.56. The quantitative estimate of drug-likeness (QED) is 0.513. The van der Waals surface area contributed by atoms with Gasteiger partial charge in [-0.25, -0.2) is 0 Å². The minimum Gasteiger partial charge on any atom is -0.481 e. The molecule has 0 fully saturated rings. The van der Waals surface area contributed by atoms with E-state index in [2.05, 4.69) is 5.32 Å². The predicted molar refractivity (Wildman–Crippen MR) is 52.2 cm³/mol. The van der Waals surface area contributed by atoms with Gasteiger partial charge in [0.2, 0.25) is 0 Å². The second-order valence-electron chi connectivity index (χ2n) is 3.35. The third-order valence-corrected chi connectivity index (χ3v) is 1.85. The van der Waals surface area contributed by atoms with Gasteiger partial charge < -0.3 is 20.3 Å². The molecule has 0 amide bonds. The van der Waals surface area contributed by atoms with Gasteiger partial charge in [0, 0.05) is 26.1 Å². The number of carboxylic acid groups (broad SMARTS) is 1. The first-order valence-electron chi connectivity index (χ1n) is 4.68. The number of nitrogens with one attached hydrogen (secondary N) is 1. The number of aliphatic carboxylic acids is 1. The number of hydrogen-bond donors (Lipinski definition) is 3. The van der Waals surface area contributed by atoms with E-state index in [4.69, 9.17) is 9.84 Å². The van der Waals surface area contributed by atoms with Crippen LogP contribution in [0.25, 0.3) is 0 Å².